The van der Waals surface area contributed by atoms with Crippen molar-refractivity contribution in [2.75, 3.05) is 19.6 Å². The lowest BCUT2D eigenvalue weighted by atomic mass is 9.72. The number of halogens is 4. The van der Waals surface area contributed by atoms with Gasteiger partial charge in [-0.1, -0.05) is 32.5 Å². The highest BCUT2D eigenvalue weighted by Crippen LogP contribution is 2.42. The fraction of sp³-hybridized carbons (Fsp3) is 0.682. The predicted octanol–water partition coefficient (Wildman–Crippen LogP) is 5.89. The molecule has 31 heavy (non-hydrogen) atoms. The van der Waals surface area contributed by atoms with E-state index in [0.717, 1.165) is 24.4 Å². The molecule has 0 radical (unpaired) electrons. The summed E-state index contributed by atoms with van der Waals surface area (Å²) in [5.41, 5.74) is 0.678. The molecule has 0 saturated carbocycles. The van der Waals surface area contributed by atoms with Crippen molar-refractivity contribution in [2.45, 2.75) is 58.4 Å². The fourth-order valence-electron chi connectivity index (χ4n) is 4.26. The molecule has 0 aromatic carbocycles. The maximum Gasteiger partial charge on any atom is 0.388 e. The van der Waals surface area contributed by atoms with Gasteiger partial charge >= 0.3 is 6.61 Å². The van der Waals surface area contributed by atoms with Crippen LogP contribution in [0.25, 0.3) is 0 Å². The Hall–Kier alpha value is -1.48. The van der Waals surface area contributed by atoms with Gasteiger partial charge in [-0.05, 0) is 42.2 Å². The van der Waals surface area contributed by atoms with Gasteiger partial charge in [0.25, 0.3) is 0 Å². The van der Waals surface area contributed by atoms with E-state index in [2.05, 4.69) is 40.7 Å². The number of hydrogen-bond acceptors (Lipinski definition) is 5. The van der Waals surface area contributed by atoms with Gasteiger partial charge in [-0.25, -0.2) is 13.8 Å². The quantitative estimate of drug-likeness (QED) is 0.489. The molecule has 3 rings (SSSR count). The smallest absolute Gasteiger partial charge is 0.388 e. The Morgan fingerprint density at radius 1 is 1.26 bits per heavy atom. The third kappa shape index (κ3) is 7.00. The van der Waals surface area contributed by atoms with Crippen LogP contribution >= 0.6 is 11.8 Å². The molecule has 1 saturated heterocycles. The Morgan fingerprint density at radius 3 is 2.71 bits per heavy atom. The summed E-state index contributed by atoms with van der Waals surface area (Å²) in [5, 5.41) is 2.97. The zero-order chi connectivity index (χ0) is 22.6. The predicted molar refractivity (Wildman–Crippen MR) is 115 cm³/mol. The summed E-state index contributed by atoms with van der Waals surface area (Å²) in [6, 6.07) is 3.42. The average molecular weight is 462 g/mol. The third-order valence-electron chi connectivity index (χ3n) is 5.96. The number of thioether (sulfide) groups is 1. The molecule has 9 heteroatoms. The van der Waals surface area contributed by atoms with Crippen LogP contribution in [0, 0.1) is 17.3 Å². The Labute approximate surface area is 185 Å². The number of likely N-dealkylation sites (tertiary alicyclic amines) is 1. The highest BCUT2D eigenvalue weighted by molar-refractivity contribution is 8.03. The lowest BCUT2D eigenvalue weighted by Gasteiger charge is -2.43. The van der Waals surface area contributed by atoms with Gasteiger partial charge in [0.2, 0.25) is 12.3 Å². The first-order valence-electron chi connectivity index (χ1n) is 10.6. The Kier molecular flexibility index (Phi) is 8.13. The molecule has 3 unspecified atom stereocenters. The molecular formula is C22H31F4N3OS. The van der Waals surface area contributed by atoms with Crippen LogP contribution in [0.4, 0.5) is 17.6 Å². The summed E-state index contributed by atoms with van der Waals surface area (Å²) in [6.07, 6.45) is 2.54. The van der Waals surface area contributed by atoms with Gasteiger partial charge in [0.05, 0.1) is 0 Å². The van der Waals surface area contributed by atoms with Crippen molar-refractivity contribution in [1.82, 2.24) is 15.2 Å². The van der Waals surface area contributed by atoms with E-state index in [1.807, 2.05) is 6.20 Å². The first-order chi connectivity index (χ1) is 14.6. The molecule has 4 nitrogen and oxygen atoms in total. The summed E-state index contributed by atoms with van der Waals surface area (Å²) in [7, 11) is 0. The van der Waals surface area contributed by atoms with Gasteiger partial charge in [0.1, 0.15) is 5.37 Å². The number of hydrogen-bond donors (Lipinski definition) is 1. The highest BCUT2D eigenvalue weighted by Gasteiger charge is 2.35. The SMILES string of the molecule is CC(C)(C)C1CC(CCC(F)F)CN(CC2=CNC(c3cccnc3OC(F)F)S2)C1. The minimum atomic E-state index is -2.93. The van der Waals surface area contributed by atoms with Crippen LogP contribution in [0.1, 0.15) is 51.0 Å². The van der Waals surface area contributed by atoms with Crippen LogP contribution in [0.15, 0.2) is 29.4 Å². The lowest BCUT2D eigenvalue weighted by molar-refractivity contribution is -0.0535. The van der Waals surface area contributed by atoms with E-state index in [-0.39, 0.29) is 29.0 Å². The van der Waals surface area contributed by atoms with E-state index in [9.17, 15) is 17.6 Å². The van der Waals surface area contributed by atoms with E-state index in [0.29, 0.717) is 24.4 Å². The fourth-order valence-corrected chi connectivity index (χ4v) is 5.40. The molecular weight excluding hydrogens is 430 g/mol. The molecule has 3 atom stereocenters. The molecule has 1 aromatic rings. The molecule has 174 valence electrons. The highest BCUT2D eigenvalue weighted by atomic mass is 32.2. The number of alkyl halides is 4. The average Bonchev–Trinajstić information content (AvgIpc) is 3.13. The summed E-state index contributed by atoms with van der Waals surface area (Å²) < 4.78 is 55.5. The Morgan fingerprint density at radius 2 is 2.03 bits per heavy atom. The minimum absolute atomic E-state index is 0.0512. The number of nitrogens with one attached hydrogen (secondary N) is 1. The molecule has 1 N–H and O–H groups in total. The standard InChI is InChI=1S/C22H31F4N3OS/c1-22(2,3)15-9-14(6-7-18(23)24)11-29(12-15)13-16-10-28-20(31-16)17-5-4-8-27-19(17)30-21(25)26/h4-5,8,10,14-15,18,20-21,28H,6-7,9,11-13H2,1-3H3. The van der Waals surface area contributed by atoms with Gasteiger partial charge in [-0.15, -0.1) is 0 Å². The van der Waals surface area contributed by atoms with E-state index in [1.54, 1.807) is 23.9 Å². The monoisotopic (exact) mass is 461 g/mol. The lowest BCUT2D eigenvalue weighted by Crippen LogP contribution is -2.45. The van der Waals surface area contributed by atoms with Crippen molar-refractivity contribution in [3.05, 3.63) is 35.0 Å². The van der Waals surface area contributed by atoms with Gasteiger partial charge in [0, 0.05) is 48.9 Å². The first kappa shape index (κ1) is 24.2. The second-order valence-electron chi connectivity index (χ2n) is 9.38. The van der Waals surface area contributed by atoms with E-state index >= 15 is 0 Å². The van der Waals surface area contributed by atoms with Crippen LogP contribution in [0.2, 0.25) is 0 Å². The van der Waals surface area contributed by atoms with Crippen molar-refractivity contribution in [1.29, 1.82) is 0 Å². The van der Waals surface area contributed by atoms with Crippen molar-refractivity contribution < 1.29 is 22.3 Å². The molecule has 0 amide bonds. The van der Waals surface area contributed by atoms with Crippen LogP contribution in [0.5, 0.6) is 5.88 Å². The van der Waals surface area contributed by atoms with E-state index in [4.69, 9.17) is 0 Å². The van der Waals surface area contributed by atoms with Crippen LogP contribution in [-0.2, 0) is 0 Å². The summed E-state index contributed by atoms with van der Waals surface area (Å²) in [6.45, 7) is 6.12. The van der Waals surface area contributed by atoms with Crippen molar-refractivity contribution in [2.24, 2.45) is 17.3 Å². The van der Waals surface area contributed by atoms with Crippen molar-refractivity contribution >= 4 is 11.8 Å². The van der Waals surface area contributed by atoms with Gasteiger partial charge < -0.3 is 10.1 Å². The summed E-state index contributed by atoms with van der Waals surface area (Å²) in [5.74, 6) is 0.617. The minimum Gasteiger partial charge on any atom is -0.417 e. The maximum absolute atomic E-state index is 12.8. The normalized spacial score (nSPS) is 25.1. The summed E-state index contributed by atoms with van der Waals surface area (Å²) in [4.78, 5) is 7.36. The Bertz CT molecular complexity index is 757. The van der Waals surface area contributed by atoms with E-state index < -0.39 is 13.0 Å². The first-order valence-corrected chi connectivity index (χ1v) is 11.5. The molecule has 1 fully saturated rings. The second-order valence-corrected chi connectivity index (χ2v) is 10.6. The van der Waals surface area contributed by atoms with Gasteiger partial charge in [-0.3, -0.25) is 4.90 Å². The second kappa shape index (κ2) is 10.4. The molecule has 1 aromatic heterocycles. The number of rotatable bonds is 8. The van der Waals surface area contributed by atoms with Gasteiger partial charge in [0.15, 0.2) is 0 Å². The number of ether oxygens (including phenoxy) is 1. The maximum atomic E-state index is 12.8. The number of aromatic nitrogens is 1. The van der Waals surface area contributed by atoms with E-state index in [1.165, 1.54) is 6.20 Å². The number of nitrogens with zero attached hydrogens (tertiary/aromatic N) is 2. The van der Waals surface area contributed by atoms with Crippen LogP contribution in [-0.4, -0.2) is 42.6 Å². The number of piperidine rings is 1. The zero-order valence-corrected chi connectivity index (χ0v) is 19.0. The van der Waals surface area contributed by atoms with Crippen LogP contribution < -0.4 is 10.1 Å². The molecule has 2 aliphatic heterocycles. The van der Waals surface area contributed by atoms with Gasteiger partial charge in [-0.2, -0.15) is 8.78 Å². The topological polar surface area (TPSA) is 37.4 Å². The van der Waals surface area contributed by atoms with Crippen molar-refractivity contribution in [3.8, 4) is 5.88 Å². The zero-order valence-electron chi connectivity index (χ0n) is 18.2. The molecule has 2 aliphatic rings. The summed E-state index contributed by atoms with van der Waals surface area (Å²) >= 11 is 1.55. The largest absolute Gasteiger partial charge is 0.417 e. The number of pyridine rings is 1. The Balaban J connectivity index is 1.63. The van der Waals surface area contributed by atoms with Crippen molar-refractivity contribution in [3.63, 3.8) is 0 Å². The molecule has 3 heterocycles. The third-order valence-corrected chi connectivity index (χ3v) is 7.13. The van der Waals surface area contributed by atoms with Crippen LogP contribution in [0.3, 0.4) is 0 Å². The molecule has 0 aliphatic carbocycles. The molecule has 0 spiro atoms. The molecule has 0 bridgehead atoms.